The van der Waals surface area contributed by atoms with Gasteiger partial charge in [-0.05, 0) is 53.8 Å². The van der Waals surface area contributed by atoms with Crippen molar-refractivity contribution < 1.29 is 9.90 Å². The van der Waals surface area contributed by atoms with Gasteiger partial charge in [-0.2, -0.15) is 5.10 Å². The highest BCUT2D eigenvalue weighted by Gasteiger charge is 2.26. The normalized spacial score (nSPS) is 14.5. The van der Waals surface area contributed by atoms with Crippen molar-refractivity contribution in [2.75, 3.05) is 0 Å². The van der Waals surface area contributed by atoms with E-state index >= 15 is 0 Å². The van der Waals surface area contributed by atoms with E-state index in [4.69, 9.17) is 4.98 Å². The molecule has 2 aromatic heterocycles. The topological polar surface area (TPSA) is 80.9 Å². The van der Waals surface area contributed by atoms with Gasteiger partial charge in [0.25, 0.3) is 0 Å². The van der Waals surface area contributed by atoms with Crippen molar-refractivity contribution in [3.05, 3.63) is 83.6 Å². The summed E-state index contributed by atoms with van der Waals surface area (Å²) in [6, 6.07) is 15.4. The Hall–Kier alpha value is -3.80. The predicted octanol–water partition coefficient (Wildman–Crippen LogP) is 4.00. The molecular weight excluding hydrogens is 352 g/mol. The minimum absolute atomic E-state index is 0.380. The number of allylic oxidation sites excluding steroid dienone is 1. The van der Waals surface area contributed by atoms with Crippen molar-refractivity contribution in [2.24, 2.45) is 0 Å². The van der Waals surface area contributed by atoms with Crippen LogP contribution in [0.1, 0.15) is 33.6 Å². The third-order valence-electron chi connectivity index (χ3n) is 5.07. The summed E-state index contributed by atoms with van der Waals surface area (Å²) in [6.45, 7) is 0. The highest BCUT2D eigenvalue weighted by atomic mass is 16.4. The molecule has 0 amide bonds. The lowest BCUT2D eigenvalue weighted by Gasteiger charge is -2.09. The molecule has 28 heavy (non-hydrogen) atoms. The van der Waals surface area contributed by atoms with E-state index in [1.807, 2.05) is 48.5 Å². The van der Waals surface area contributed by atoms with E-state index < -0.39 is 5.97 Å². The number of aromatic carboxylic acids is 1. The molecule has 6 nitrogen and oxygen atoms in total. The fourth-order valence-electron chi connectivity index (χ4n) is 3.79. The number of nitrogens with zero attached hydrogens (tertiary/aromatic N) is 4. The Morgan fingerprint density at radius 3 is 2.64 bits per heavy atom. The van der Waals surface area contributed by atoms with Gasteiger partial charge in [0.15, 0.2) is 0 Å². The molecule has 4 aromatic rings. The summed E-state index contributed by atoms with van der Waals surface area (Å²) in [5.74, 6) is -0.895. The Bertz CT molecular complexity index is 1230. The molecule has 0 bridgehead atoms. The molecule has 0 radical (unpaired) electrons. The predicted molar refractivity (Wildman–Crippen MR) is 106 cm³/mol. The van der Waals surface area contributed by atoms with Crippen LogP contribution in [-0.4, -0.2) is 30.8 Å². The number of hydrogen-bond donors (Lipinski definition) is 1. The van der Waals surface area contributed by atoms with Crippen LogP contribution in [0, 0.1) is 0 Å². The summed E-state index contributed by atoms with van der Waals surface area (Å²) in [5, 5.41) is 14.6. The highest BCUT2D eigenvalue weighted by molar-refractivity contribution is 6.06. The molecule has 2 aromatic carbocycles. The lowest BCUT2D eigenvalue weighted by Crippen LogP contribution is -2.05. The average molecular weight is 368 g/mol. The molecular formula is C22H16N4O2. The minimum Gasteiger partial charge on any atom is -0.478 e. The summed E-state index contributed by atoms with van der Waals surface area (Å²) < 4.78 is 1.70. The van der Waals surface area contributed by atoms with Crippen LogP contribution in [0.25, 0.3) is 28.2 Å². The average Bonchev–Trinajstić information content (AvgIpc) is 3.37. The van der Waals surface area contributed by atoms with Crippen LogP contribution in [-0.2, 0) is 6.42 Å². The van der Waals surface area contributed by atoms with E-state index in [1.165, 1.54) is 6.33 Å². The number of fused-ring (bicyclic) bond motifs is 2. The molecule has 1 aliphatic rings. The summed E-state index contributed by atoms with van der Waals surface area (Å²) in [4.78, 5) is 20.7. The number of aromatic nitrogens is 4. The van der Waals surface area contributed by atoms with Gasteiger partial charge in [-0.1, -0.05) is 30.3 Å². The molecule has 1 N–H and O–H groups in total. The van der Waals surface area contributed by atoms with E-state index in [0.29, 0.717) is 22.9 Å². The number of benzene rings is 2. The van der Waals surface area contributed by atoms with Gasteiger partial charge in [0.1, 0.15) is 12.7 Å². The molecule has 6 heteroatoms. The van der Waals surface area contributed by atoms with Gasteiger partial charge in [-0.25, -0.2) is 19.4 Å². The lowest BCUT2D eigenvalue weighted by atomic mass is 10.0. The molecule has 0 saturated heterocycles. The van der Waals surface area contributed by atoms with Crippen molar-refractivity contribution in [3.63, 3.8) is 0 Å². The Morgan fingerprint density at radius 2 is 1.89 bits per heavy atom. The number of pyridine rings is 1. The quantitative estimate of drug-likeness (QED) is 0.591. The third-order valence-corrected chi connectivity index (χ3v) is 5.07. The second-order valence-corrected chi connectivity index (χ2v) is 6.74. The first-order chi connectivity index (χ1) is 13.7. The molecule has 5 rings (SSSR count). The van der Waals surface area contributed by atoms with E-state index in [-0.39, 0.29) is 0 Å². The fraction of sp³-hybridized carbons (Fsp3) is 0.0909. The summed E-state index contributed by atoms with van der Waals surface area (Å²) in [6.07, 6.45) is 6.72. The zero-order valence-corrected chi connectivity index (χ0v) is 14.9. The van der Waals surface area contributed by atoms with Crippen LogP contribution in [0.2, 0.25) is 0 Å². The zero-order valence-electron chi connectivity index (χ0n) is 14.9. The van der Waals surface area contributed by atoms with Crippen LogP contribution in [0.5, 0.6) is 0 Å². The molecule has 0 spiro atoms. The number of carboxylic acids is 1. The standard InChI is InChI=1S/C22H16N4O2/c27-22(28)20-17-3-1-2-4-19(17)25-21-15(7-10-18(20)21)11-14-5-8-16(9-6-14)26-13-23-12-24-26/h1-6,8-9,11-13H,7,10H2,(H,27,28). The van der Waals surface area contributed by atoms with E-state index in [9.17, 15) is 9.90 Å². The third kappa shape index (κ3) is 2.66. The first-order valence-corrected chi connectivity index (χ1v) is 9.01. The van der Waals surface area contributed by atoms with Crippen molar-refractivity contribution in [1.82, 2.24) is 19.7 Å². The Morgan fingerprint density at radius 1 is 1.07 bits per heavy atom. The second-order valence-electron chi connectivity index (χ2n) is 6.74. The lowest BCUT2D eigenvalue weighted by molar-refractivity contribution is 0.0698. The van der Waals surface area contributed by atoms with Crippen LogP contribution in [0.4, 0.5) is 0 Å². The van der Waals surface area contributed by atoms with Gasteiger partial charge in [-0.15, -0.1) is 0 Å². The molecule has 0 atom stereocenters. The second kappa shape index (κ2) is 6.42. The first kappa shape index (κ1) is 16.4. The molecule has 2 heterocycles. The van der Waals surface area contributed by atoms with Crippen LogP contribution >= 0.6 is 0 Å². The van der Waals surface area contributed by atoms with Gasteiger partial charge < -0.3 is 5.11 Å². The molecule has 136 valence electrons. The van der Waals surface area contributed by atoms with Gasteiger partial charge in [0, 0.05) is 5.39 Å². The summed E-state index contributed by atoms with van der Waals surface area (Å²) in [5.41, 5.74) is 5.77. The Balaban J connectivity index is 1.59. The first-order valence-electron chi connectivity index (χ1n) is 9.01. The van der Waals surface area contributed by atoms with Crippen LogP contribution in [0.15, 0.2) is 61.2 Å². The Kier molecular flexibility index (Phi) is 3.76. The van der Waals surface area contributed by atoms with Gasteiger partial charge in [-0.3, -0.25) is 0 Å². The minimum atomic E-state index is -0.895. The molecule has 0 saturated carbocycles. The maximum absolute atomic E-state index is 11.9. The van der Waals surface area contributed by atoms with Crippen LogP contribution in [0.3, 0.4) is 0 Å². The molecule has 0 unspecified atom stereocenters. The monoisotopic (exact) mass is 368 g/mol. The van der Waals surface area contributed by atoms with Crippen molar-refractivity contribution in [3.8, 4) is 5.69 Å². The SMILES string of the molecule is O=C(O)c1c2c(nc3ccccc13)C(=Cc1ccc(-n3cncn3)cc1)CC2. The molecule has 0 aliphatic heterocycles. The Labute approximate surface area is 160 Å². The van der Waals surface area contributed by atoms with E-state index in [1.54, 1.807) is 11.0 Å². The maximum Gasteiger partial charge on any atom is 0.336 e. The zero-order chi connectivity index (χ0) is 19.1. The summed E-state index contributed by atoms with van der Waals surface area (Å²) in [7, 11) is 0. The molecule has 0 fully saturated rings. The van der Waals surface area contributed by atoms with Gasteiger partial charge >= 0.3 is 5.97 Å². The number of carbonyl (C=O) groups is 1. The highest BCUT2D eigenvalue weighted by Crippen LogP contribution is 2.37. The molecule has 1 aliphatic carbocycles. The fourth-order valence-corrected chi connectivity index (χ4v) is 3.79. The van der Waals surface area contributed by atoms with E-state index in [0.717, 1.165) is 34.5 Å². The number of rotatable bonds is 3. The van der Waals surface area contributed by atoms with Crippen LogP contribution < -0.4 is 0 Å². The largest absolute Gasteiger partial charge is 0.478 e. The van der Waals surface area contributed by atoms with Crippen molar-refractivity contribution >= 4 is 28.5 Å². The number of carboxylic acid groups (broad SMARTS) is 1. The van der Waals surface area contributed by atoms with Gasteiger partial charge in [0.2, 0.25) is 0 Å². The number of para-hydroxylation sites is 1. The maximum atomic E-state index is 11.9. The van der Waals surface area contributed by atoms with E-state index in [2.05, 4.69) is 16.2 Å². The van der Waals surface area contributed by atoms with Crippen molar-refractivity contribution in [2.45, 2.75) is 12.8 Å². The van der Waals surface area contributed by atoms with Gasteiger partial charge in [0.05, 0.1) is 22.5 Å². The number of hydrogen-bond acceptors (Lipinski definition) is 4. The van der Waals surface area contributed by atoms with Crippen molar-refractivity contribution in [1.29, 1.82) is 0 Å². The smallest absolute Gasteiger partial charge is 0.336 e. The summed E-state index contributed by atoms with van der Waals surface area (Å²) >= 11 is 0.